The summed E-state index contributed by atoms with van der Waals surface area (Å²) in [6.45, 7) is 10.2. The summed E-state index contributed by atoms with van der Waals surface area (Å²) in [6, 6.07) is 35.3. The number of benzene rings is 3. The summed E-state index contributed by atoms with van der Waals surface area (Å²) in [5, 5.41) is 1.62. The van der Waals surface area contributed by atoms with E-state index in [1.165, 1.54) is 23.7 Å². The molecule has 1 saturated heterocycles. The maximum atomic E-state index is 7.20. The minimum Gasteiger partial charge on any atom is -0.368 e. The monoisotopic (exact) mass is 624 g/mol. The summed E-state index contributed by atoms with van der Waals surface area (Å²) in [5.74, 6) is 0. The van der Waals surface area contributed by atoms with Gasteiger partial charge in [-0.05, 0) is 42.9 Å². The Labute approximate surface area is 272 Å². The van der Waals surface area contributed by atoms with Crippen LogP contribution < -0.4 is 0 Å². The van der Waals surface area contributed by atoms with Crippen LogP contribution >= 0.6 is 0 Å². The summed E-state index contributed by atoms with van der Waals surface area (Å²) in [5.41, 5.74) is 3.62. The van der Waals surface area contributed by atoms with E-state index in [1.807, 2.05) is 12.1 Å². The molecule has 5 rings (SSSR count). The van der Waals surface area contributed by atoms with Gasteiger partial charge < -0.3 is 18.9 Å². The first-order valence-electron chi connectivity index (χ1n) is 17.1. The molecule has 3 aromatic carbocycles. The Morgan fingerprint density at radius 2 is 1.24 bits per heavy atom. The molecule has 45 heavy (non-hydrogen) atoms. The molecule has 5 heteroatoms. The lowest BCUT2D eigenvalue weighted by Crippen LogP contribution is -2.60. The van der Waals surface area contributed by atoms with E-state index in [0.29, 0.717) is 13.2 Å². The molecule has 0 bridgehead atoms. The van der Waals surface area contributed by atoms with Gasteiger partial charge in [-0.15, -0.1) is 0 Å². The van der Waals surface area contributed by atoms with E-state index in [-0.39, 0.29) is 36.6 Å². The second-order valence-corrected chi connectivity index (χ2v) is 17.9. The average molecular weight is 625 g/mol. The van der Waals surface area contributed by atoms with Crippen LogP contribution in [-0.2, 0) is 38.6 Å². The Balaban J connectivity index is 1.50. The van der Waals surface area contributed by atoms with Crippen LogP contribution in [0.4, 0.5) is 0 Å². The number of hydrogen-bond acceptors (Lipinski definition) is 4. The van der Waals surface area contributed by atoms with E-state index in [4.69, 9.17) is 18.9 Å². The highest BCUT2D eigenvalue weighted by atomic mass is 28.3. The molecule has 3 aromatic rings. The van der Waals surface area contributed by atoms with Gasteiger partial charge in [0.15, 0.2) is 0 Å². The Bertz CT molecular complexity index is 1330. The molecule has 0 aromatic heterocycles. The van der Waals surface area contributed by atoms with Crippen LogP contribution in [0.15, 0.2) is 114 Å². The van der Waals surface area contributed by atoms with Crippen LogP contribution in [0.2, 0.25) is 18.1 Å². The molecule has 0 amide bonds. The zero-order chi connectivity index (χ0) is 31.5. The molecule has 2 aliphatic heterocycles. The predicted octanol–water partition coefficient (Wildman–Crippen LogP) is 9.27. The highest BCUT2D eigenvalue weighted by Crippen LogP contribution is 2.41. The van der Waals surface area contributed by atoms with Crippen molar-refractivity contribution in [3.05, 3.63) is 131 Å². The fraction of sp³-hybridized carbons (Fsp3) is 0.450. The normalized spacial score (nSPS) is 25.5. The van der Waals surface area contributed by atoms with Crippen molar-refractivity contribution in [2.24, 2.45) is 0 Å². The Morgan fingerprint density at radius 1 is 0.711 bits per heavy atom. The molecule has 1 fully saturated rings. The van der Waals surface area contributed by atoms with Gasteiger partial charge in [0.2, 0.25) is 0 Å². The molecule has 240 valence electrons. The number of fused-ring (bicyclic) bond motifs is 1. The molecule has 0 saturated carbocycles. The van der Waals surface area contributed by atoms with Gasteiger partial charge in [0.25, 0.3) is 0 Å². The first-order valence-corrected chi connectivity index (χ1v) is 19.7. The van der Waals surface area contributed by atoms with Crippen molar-refractivity contribution in [1.82, 2.24) is 0 Å². The van der Waals surface area contributed by atoms with Crippen molar-refractivity contribution in [1.29, 1.82) is 0 Å². The van der Waals surface area contributed by atoms with Gasteiger partial charge in [-0.2, -0.15) is 0 Å². The van der Waals surface area contributed by atoms with Gasteiger partial charge in [0.1, 0.15) is 24.4 Å². The Morgan fingerprint density at radius 3 is 1.78 bits per heavy atom. The summed E-state index contributed by atoms with van der Waals surface area (Å²) in [4.78, 5) is 0. The van der Waals surface area contributed by atoms with Crippen molar-refractivity contribution in [2.45, 2.75) is 115 Å². The van der Waals surface area contributed by atoms with Gasteiger partial charge in [-0.3, -0.25) is 0 Å². The molecule has 0 aliphatic carbocycles. The third-order valence-electron chi connectivity index (χ3n) is 10.0. The Hall–Kier alpha value is -2.80. The van der Waals surface area contributed by atoms with Crippen molar-refractivity contribution in [3.63, 3.8) is 0 Å². The van der Waals surface area contributed by atoms with E-state index in [1.54, 1.807) is 5.20 Å². The summed E-state index contributed by atoms with van der Waals surface area (Å²) in [6.07, 6.45) is 8.36. The van der Waals surface area contributed by atoms with E-state index < -0.39 is 8.07 Å². The van der Waals surface area contributed by atoms with Gasteiger partial charge in [-0.25, -0.2) is 0 Å². The first-order chi connectivity index (χ1) is 22.1. The highest BCUT2D eigenvalue weighted by molar-refractivity contribution is 6.86. The smallest absolute Gasteiger partial charge is 0.116 e. The second kappa shape index (κ2) is 16.7. The second-order valence-electron chi connectivity index (χ2n) is 12.6. The van der Waals surface area contributed by atoms with Crippen LogP contribution in [0.5, 0.6) is 0 Å². The van der Waals surface area contributed by atoms with Crippen molar-refractivity contribution < 1.29 is 18.9 Å². The van der Waals surface area contributed by atoms with Crippen molar-refractivity contribution >= 4 is 8.07 Å². The van der Waals surface area contributed by atoms with Crippen LogP contribution in [0, 0.1) is 0 Å². The lowest BCUT2D eigenvalue weighted by atomic mass is 9.92. The molecular weight excluding hydrogens is 573 g/mol. The SMILES string of the molecule is C/C=C/[C@@H]1O[C@@H]2CC([Si](CC)(CC)CC)=C[C@@H](CCc3ccccc3)O[C@H]2[C@H](OCc2ccccc2)[C@H]1OCc1ccccc1. The van der Waals surface area contributed by atoms with E-state index >= 15 is 0 Å². The molecule has 0 radical (unpaired) electrons. The molecule has 4 nitrogen and oxygen atoms in total. The zero-order valence-electron chi connectivity index (χ0n) is 27.6. The molecular formula is C40H52O4Si. The van der Waals surface area contributed by atoms with Gasteiger partial charge >= 0.3 is 0 Å². The maximum absolute atomic E-state index is 7.20. The molecule has 0 N–H and O–H groups in total. The minimum atomic E-state index is -1.67. The van der Waals surface area contributed by atoms with E-state index in [2.05, 4.69) is 125 Å². The number of hydrogen-bond donors (Lipinski definition) is 0. The number of allylic oxidation sites excluding steroid dienone is 1. The maximum Gasteiger partial charge on any atom is 0.116 e. The van der Waals surface area contributed by atoms with Gasteiger partial charge in [0, 0.05) is 0 Å². The summed E-state index contributed by atoms with van der Waals surface area (Å²) >= 11 is 0. The average Bonchev–Trinajstić information content (AvgIpc) is 3.28. The fourth-order valence-corrected chi connectivity index (χ4v) is 11.2. The largest absolute Gasteiger partial charge is 0.368 e. The van der Waals surface area contributed by atoms with Crippen LogP contribution in [0.3, 0.4) is 0 Å². The third-order valence-corrected chi connectivity index (χ3v) is 15.8. The van der Waals surface area contributed by atoms with Crippen LogP contribution in [-0.4, -0.2) is 44.7 Å². The standard InChI is InChI=1S/C40H52O4Si/c1-5-18-36-38(41-29-32-21-14-10-15-22-32)40(42-30-33-23-16-11-17-24-33)39-37(44-36)28-35(45(6-2,7-3)8-4)27-34(43-39)26-25-31-19-12-9-13-20-31/h5,9-24,27,34,36-40H,6-8,25-26,28-30H2,1-4H3/b18-5+/t34-,36+,37-,38+,39-,40-/m1/s1. The number of ether oxygens (including phenoxy) is 4. The molecule has 2 heterocycles. The predicted molar refractivity (Wildman–Crippen MR) is 187 cm³/mol. The molecule has 0 spiro atoms. The summed E-state index contributed by atoms with van der Waals surface area (Å²) < 4.78 is 27.9. The molecule has 6 atom stereocenters. The zero-order valence-corrected chi connectivity index (χ0v) is 28.6. The van der Waals surface area contributed by atoms with E-state index in [0.717, 1.165) is 30.4 Å². The van der Waals surface area contributed by atoms with Crippen molar-refractivity contribution in [3.8, 4) is 0 Å². The van der Waals surface area contributed by atoms with Gasteiger partial charge in [0.05, 0.1) is 33.5 Å². The van der Waals surface area contributed by atoms with Gasteiger partial charge in [-0.1, -0.05) is 153 Å². The van der Waals surface area contributed by atoms with Crippen LogP contribution in [0.1, 0.15) is 57.2 Å². The highest BCUT2D eigenvalue weighted by Gasteiger charge is 2.50. The topological polar surface area (TPSA) is 36.9 Å². The molecule has 2 aliphatic rings. The van der Waals surface area contributed by atoms with Crippen molar-refractivity contribution in [2.75, 3.05) is 0 Å². The van der Waals surface area contributed by atoms with E-state index in [9.17, 15) is 0 Å². The molecule has 0 unspecified atom stereocenters. The fourth-order valence-electron chi connectivity index (χ4n) is 7.21. The minimum absolute atomic E-state index is 0.00815. The van der Waals surface area contributed by atoms with Crippen LogP contribution in [0.25, 0.3) is 0 Å². The number of aryl methyl sites for hydroxylation is 1. The summed E-state index contributed by atoms with van der Waals surface area (Å²) in [7, 11) is -1.67. The Kier molecular flexibility index (Phi) is 12.4. The lowest BCUT2D eigenvalue weighted by Gasteiger charge is -2.46. The third kappa shape index (κ3) is 8.52. The first kappa shape index (κ1) is 33.6. The quantitative estimate of drug-likeness (QED) is 0.132. The number of rotatable bonds is 14. The lowest BCUT2D eigenvalue weighted by molar-refractivity contribution is -0.256.